The maximum Gasteiger partial charge on any atom is 0.258 e. The molecule has 3 N–H and O–H groups in total. The summed E-state index contributed by atoms with van der Waals surface area (Å²) >= 11 is 0. The van der Waals surface area contributed by atoms with Gasteiger partial charge in [-0.3, -0.25) is 4.79 Å². The van der Waals surface area contributed by atoms with E-state index in [2.05, 4.69) is 5.32 Å². The van der Waals surface area contributed by atoms with Gasteiger partial charge in [-0.1, -0.05) is 23.8 Å². The molecule has 1 amide bonds. The molecular weight excluding hydrogens is 255 g/mol. The fourth-order valence-corrected chi connectivity index (χ4v) is 1.93. The molecule has 0 aliphatic rings. The van der Waals surface area contributed by atoms with E-state index in [9.17, 15) is 9.18 Å². The summed E-state index contributed by atoms with van der Waals surface area (Å²) in [7, 11) is 0. The summed E-state index contributed by atoms with van der Waals surface area (Å²) in [6.45, 7) is 2.40. The molecule has 0 heterocycles. The molecule has 4 heteroatoms. The van der Waals surface area contributed by atoms with Gasteiger partial charge in [0.2, 0.25) is 0 Å². The predicted molar refractivity (Wildman–Crippen MR) is 78.3 cm³/mol. The van der Waals surface area contributed by atoms with Crippen LogP contribution in [0, 0.1) is 12.7 Å². The molecule has 0 aliphatic heterocycles. The topological polar surface area (TPSA) is 55.1 Å². The first-order valence-electron chi connectivity index (χ1n) is 6.46. The molecule has 0 aromatic heterocycles. The van der Waals surface area contributed by atoms with Gasteiger partial charge in [0.25, 0.3) is 5.91 Å². The number of anilines is 1. The minimum atomic E-state index is -0.521. The van der Waals surface area contributed by atoms with E-state index in [4.69, 9.17) is 5.73 Å². The number of carbonyl (C=O) groups excluding carboxylic acids is 1. The van der Waals surface area contributed by atoms with Crippen molar-refractivity contribution in [2.45, 2.75) is 13.3 Å². The van der Waals surface area contributed by atoms with Crippen molar-refractivity contribution in [2.75, 3.05) is 11.9 Å². The maximum atomic E-state index is 13.6. The third kappa shape index (κ3) is 3.42. The molecule has 3 nitrogen and oxygen atoms in total. The number of aryl methyl sites for hydroxylation is 1. The first kappa shape index (κ1) is 14.2. The van der Waals surface area contributed by atoms with E-state index in [1.165, 1.54) is 12.1 Å². The smallest absolute Gasteiger partial charge is 0.258 e. The molecule has 0 unspecified atom stereocenters. The Bertz CT molecular complexity index is 608. The quantitative estimate of drug-likeness (QED) is 0.899. The van der Waals surface area contributed by atoms with Crippen LogP contribution in [0.3, 0.4) is 0 Å². The van der Waals surface area contributed by atoms with E-state index in [0.717, 1.165) is 17.5 Å². The molecule has 0 saturated heterocycles. The first-order valence-corrected chi connectivity index (χ1v) is 6.46. The molecular formula is C16H17FN2O. The highest BCUT2D eigenvalue weighted by molar-refractivity contribution is 6.04. The molecule has 20 heavy (non-hydrogen) atoms. The van der Waals surface area contributed by atoms with Crippen molar-refractivity contribution in [1.82, 2.24) is 0 Å². The van der Waals surface area contributed by atoms with Crippen LogP contribution in [-0.4, -0.2) is 12.5 Å². The number of hydrogen-bond acceptors (Lipinski definition) is 2. The highest BCUT2D eigenvalue weighted by Crippen LogP contribution is 2.14. The number of carbonyl (C=O) groups is 1. The van der Waals surface area contributed by atoms with Crippen LogP contribution in [0.25, 0.3) is 0 Å². The summed E-state index contributed by atoms with van der Waals surface area (Å²) < 4.78 is 13.6. The summed E-state index contributed by atoms with van der Waals surface area (Å²) in [5.74, 6) is -0.967. The number of nitrogens with two attached hydrogens (primary N) is 1. The lowest BCUT2D eigenvalue weighted by Gasteiger charge is -2.08. The summed E-state index contributed by atoms with van der Waals surface area (Å²) in [6, 6.07) is 11.8. The van der Waals surface area contributed by atoms with Crippen LogP contribution in [0.4, 0.5) is 10.1 Å². The molecule has 0 saturated carbocycles. The molecule has 0 atom stereocenters. The Morgan fingerprint density at radius 1 is 1.20 bits per heavy atom. The van der Waals surface area contributed by atoms with Gasteiger partial charge < -0.3 is 11.1 Å². The van der Waals surface area contributed by atoms with Crippen molar-refractivity contribution >= 4 is 11.6 Å². The summed E-state index contributed by atoms with van der Waals surface area (Å²) in [5, 5.41) is 2.69. The standard InChI is InChI=1S/C16H17FN2O/c1-11-2-7-15(17)14(10-11)16(20)19-13-5-3-12(4-6-13)8-9-18/h2-7,10H,8-9,18H2,1H3,(H,19,20). The van der Waals surface area contributed by atoms with Crippen LogP contribution in [0.1, 0.15) is 21.5 Å². The fraction of sp³-hybridized carbons (Fsp3) is 0.188. The van der Waals surface area contributed by atoms with Crippen molar-refractivity contribution in [3.63, 3.8) is 0 Å². The normalized spacial score (nSPS) is 10.3. The maximum absolute atomic E-state index is 13.6. The SMILES string of the molecule is Cc1ccc(F)c(C(=O)Nc2ccc(CCN)cc2)c1. The number of nitrogens with one attached hydrogen (secondary N) is 1. The van der Waals surface area contributed by atoms with Gasteiger partial charge in [0.05, 0.1) is 5.56 Å². The van der Waals surface area contributed by atoms with Crippen LogP contribution in [0.5, 0.6) is 0 Å². The van der Waals surface area contributed by atoms with Crippen LogP contribution in [0.2, 0.25) is 0 Å². The van der Waals surface area contributed by atoms with E-state index in [1.807, 2.05) is 19.1 Å². The molecule has 2 aromatic carbocycles. The molecule has 0 radical (unpaired) electrons. The summed E-state index contributed by atoms with van der Waals surface area (Å²) in [5.41, 5.74) is 8.11. The molecule has 0 fully saturated rings. The zero-order valence-corrected chi connectivity index (χ0v) is 11.3. The summed E-state index contributed by atoms with van der Waals surface area (Å²) in [6.07, 6.45) is 0.792. The van der Waals surface area contributed by atoms with E-state index in [1.54, 1.807) is 18.2 Å². The van der Waals surface area contributed by atoms with Crippen LogP contribution < -0.4 is 11.1 Å². The van der Waals surface area contributed by atoms with E-state index < -0.39 is 11.7 Å². The van der Waals surface area contributed by atoms with Crippen LogP contribution >= 0.6 is 0 Å². The lowest BCUT2D eigenvalue weighted by Crippen LogP contribution is -2.14. The van der Waals surface area contributed by atoms with E-state index in [0.29, 0.717) is 12.2 Å². The molecule has 2 aromatic rings. The average Bonchev–Trinajstić information content (AvgIpc) is 2.44. The summed E-state index contributed by atoms with van der Waals surface area (Å²) in [4.78, 5) is 12.0. The Hall–Kier alpha value is -2.20. The van der Waals surface area contributed by atoms with E-state index >= 15 is 0 Å². The van der Waals surface area contributed by atoms with Crippen molar-refractivity contribution in [1.29, 1.82) is 0 Å². The minimum Gasteiger partial charge on any atom is -0.330 e. The second kappa shape index (κ2) is 6.30. The number of rotatable bonds is 4. The highest BCUT2D eigenvalue weighted by atomic mass is 19.1. The van der Waals surface area contributed by atoms with Crippen molar-refractivity contribution in [3.8, 4) is 0 Å². The Morgan fingerprint density at radius 2 is 1.90 bits per heavy atom. The average molecular weight is 272 g/mol. The van der Waals surface area contributed by atoms with Crippen molar-refractivity contribution < 1.29 is 9.18 Å². The number of amides is 1. The second-order valence-electron chi connectivity index (χ2n) is 4.67. The lowest BCUT2D eigenvalue weighted by molar-refractivity contribution is 0.102. The molecule has 2 rings (SSSR count). The van der Waals surface area contributed by atoms with Gasteiger partial charge in [0.1, 0.15) is 5.82 Å². The van der Waals surface area contributed by atoms with Gasteiger partial charge in [0, 0.05) is 5.69 Å². The van der Waals surface area contributed by atoms with Crippen molar-refractivity contribution in [3.05, 3.63) is 65.0 Å². The second-order valence-corrected chi connectivity index (χ2v) is 4.67. The van der Waals surface area contributed by atoms with E-state index in [-0.39, 0.29) is 5.56 Å². The number of benzene rings is 2. The van der Waals surface area contributed by atoms with Gasteiger partial charge in [-0.15, -0.1) is 0 Å². The third-order valence-electron chi connectivity index (χ3n) is 3.01. The number of halogens is 1. The molecule has 0 spiro atoms. The van der Waals surface area contributed by atoms with Crippen LogP contribution in [-0.2, 0) is 6.42 Å². The van der Waals surface area contributed by atoms with Gasteiger partial charge in [-0.2, -0.15) is 0 Å². The number of hydrogen-bond donors (Lipinski definition) is 2. The molecule has 0 aliphatic carbocycles. The lowest BCUT2D eigenvalue weighted by atomic mass is 10.1. The minimum absolute atomic E-state index is 0.0519. The predicted octanol–water partition coefficient (Wildman–Crippen LogP) is 2.89. The Labute approximate surface area is 117 Å². The Balaban J connectivity index is 2.13. The molecule has 0 bridgehead atoms. The monoisotopic (exact) mass is 272 g/mol. The van der Waals surface area contributed by atoms with Crippen LogP contribution in [0.15, 0.2) is 42.5 Å². The fourth-order valence-electron chi connectivity index (χ4n) is 1.93. The third-order valence-corrected chi connectivity index (χ3v) is 3.01. The van der Waals surface area contributed by atoms with Gasteiger partial charge >= 0.3 is 0 Å². The van der Waals surface area contributed by atoms with Crippen molar-refractivity contribution in [2.24, 2.45) is 5.73 Å². The highest BCUT2D eigenvalue weighted by Gasteiger charge is 2.11. The zero-order valence-electron chi connectivity index (χ0n) is 11.3. The Morgan fingerprint density at radius 3 is 2.55 bits per heavy atom. The first-order chi connectivity index (χ1) is 9.60. The van der Waals surface area contributed by atoms with Gasteiger partial charge in [-0.25, -0.2) is 4.39 Å². The Kier molecular flexibility index (Phi) is 4.48. The zero-order chi connectivity index (χ0) is 14.5. The van der Waals surface area contributed by atoms with Gasteiger partial charge in [-0.05, 0) is 49.7 Å². The van der Waals surface area contributed by atoms with Gasteiger partial charge in [0.15, 0.2) is 0 Å². The largest absolute Gasteiger partial charge is 0.330 e. The molecule has 104 valence electrons.